The zero-order valence-corrected chi connectivity index (χ0v) is 12.5. The van der Waals surface area contributed by atoms with Crippen LogP contribution in [-0.4, -0.2) is 41.5 Å². The number of hydrogen-bond acceptors (Lipinski definition) is 3. The predicted molar refractivity (Wildman–Crippen MR) is 78.7 cm³/mol. The van der Waals surface area contributed by atoms with Gasteiger partial charge in [-0.1, -0.05) is 19.9 Å². The third kappa shape index (κ3) is 5.51. The van der Waals surface area contributed by atoms with E-state index in [2.05, 4.69) is 5.32 Å². The Morgan fingerprint density at radius 2 is 2.10 bits per heavy atom. The average Bonchev–Trinajstić information content (AvgIpc) is 2.41. The van der Waals surface area contributed by atoms with Crippen LogP contribution >= 0.6 is 0 Å². The molecule has 6 heteroatoms. The van der Waals surface area contributed by atoms with Gasteiger partial charge in [0.25, 0.3) is 0 Å². The van der Waals surface area contributed by atoms with Crippen LogP contribution in [0.5, 0.6) is 0 Å². The van der Waals surface area contributed by atoms with E-state index in [1.54, 1.807) is 30.9 Å². The first-order valence-electron chi connectivity index (χ1n) is 6.84. The van der Waals surface area contributed by atoms with Crippen molar-refractivity contribution in [2.24, 2.45) is 5.92 Å². The maximum absolute atomic E-state index is 13.4. The Hall–Kier alpha value is -1.95. The van der Waals surface area contributed by atoms with E-state index in [4.69, 9.17) is 5.11 Å². The number of amides is 1. The van der Waals surface area contributed by atoms with Gasteiger partial charge in [-0.05, 0) is 31.2 Å². The number of benzene rings is 1. The summed E-state index contributed by atoms with van der Waals surface area (Å²) >= 11 is 0. The fraction of sp³-hybridized carbons (Fsp3) is 0.467. The van der Waals surface area contributed by atoms with E-state index >= 15 is 0 Å². The molecule has 2 N–H and O–H groups in total. The number of rotatable bonds is 7. The normalized spacial score (nSPS) is 12.2. The molecule has 0 heterocycles. The van der Waals surface area contributed by atoms with Crippen LogP contribution in [0.2, 0.25) is 0 Å². The van der Waals surface area contributed by atoms with Crippen LogP contribution in [0.3, 0.4) is 0 Å². The van der Waals surface area contributed by atoms with Crippen molar-refractivity contribution in [3.05, 3.63) is 29.6 Å². The van der Waals surface area contributed by atoms with Gasteiger partial charge < -0.3 is 10.4 Å². The molecule has 0 aliphatic heterocycles. The Balaban J connectivity index is 2.58. The largest absolute Gasteiger partial charge is 0.481 e. The third-order valence-corrected chi connectivity index (χ3v) is 3.22. The molecule has 5 nitrogen and oxygen atoms in total. The number of aryl methyl sites for hydroxylation is 1. The van der Waals surface area contributed by atoms with Gasteiger partial charge in [-0.2, -0.15) is 0 Å². The van der Waals surface area contributed by atoms with Crippen LogP contribution in [0.25, 0.3) is 0 Å². The van der Waals surface area contributed by atoms with Crippen molar-refractivity contribution in [1.29, 1.82) is 0 Å². The van der Waals surface area contributed by atoms with Gasteiger partial charge in [-0.3, -0.25) is 14.5 Å². The van der Waals surface area contributed by atoms with E-state index in [9.17, 15) is 14.0 Å². The lowest BCUT2D eigenvalue weighted by Crippen LogP contribution is -2.37. The number of carbonyl (C=O) groups excluding carboxylic acids is 1. The van der Waals surface area contributed by atoms with E-state index in [1.165, 1.54) is 6.07 Å². The molecule has 0 bridgehead atoms. The molecule has 21 heavy (non-hydrogen) atoms. The minimum Gasteiger partial charge on any atom is -0.481 e. The lowest BCUT2D eigenvalue weighted by Gasteiger charge is -2.21. The van der Waals surface area contributed by atoms with E-state index in [0.717, 1.165) is 0 Å². The number of hydrogen-bond donors (Lipinski definition) is 2. The van der Waals surface area contributed by atoms with Crippen molar-refractivity contribution in [2.45, 2.75) is 20.8 Å². The number of halogens is 1. The SMILES string of the molecule is CCN(CC(=O)Nc1ccc(C)c(F)c1)CC(C)C(=O)O. The predicted octanol–water partition coefficient (Wildman–Crippen LogP) is 2.12. The molecule has 1 rings (SSSR count). The number of carboxylic acids is 1. The molecule has 0 fully saturated rings. The monoisotopic (exact) mass is 296 g/mol. The van der Waals surface area contributed by atoms with Crippen LogP contribution in [0.4, 0.5) is 10.1 Å². The molecule has 0 saturated heterocycles. The first kappa shape index (κ1) is 17.1. The lowest BCUT2D eigenvalue weighted by molar-refractivity contribution is -0.142. The van der Waals surface area contributed by atoms with Crippen molar-refractivity contribution in [1.82, 2.24) is 4.90 Å². The average molecular weight is 296 g/mol. The Morgan fingerprint density at radius 3 is 2.62 bits per heavy atom. The van der Waals surface area contributed by atoms with Gasteiger partial charge in [-0.15, -0.1) is 0 Å². The van der Waals surface area contributed by atoms with Crippen molar-refractivity contribution < 1.29 is 19.1 Å². The molecule has 0 aliphatic rings. The van der Waals surface area contributed by atoms with Gasteiger partial charge in [-0.25, -0.2) is 4.39 Å². The number of carbonyl (C=O) groups is 2. The smallest absolute Gasteiger partial charge is 0.307 e. The molecule has 0 spiro atoms. The van der Waals surface area contributed by atoms with Crippen LogP contribution < -0.4 is 5.32 Å². The van der Waals surface area contributed by atoms with E-state index in [1.807, 2.05) is 6.92 Å². The molecule has 116 valence electrons. The van der Waals surface area contributed by atoms with Crippen LogP contribution in [0.15, 0.2) is 18.2 Å². The molecule has 1 amide bonds. The van der Waals surface area contributed by atoms with Gasteiger partial charge >= 0.3 is 5.97 Å². The quantitative estimate of drug-likeness (QED) is 0.808. The summed E-state index contributed by atoms with van der Waals surface area (Å²) in [6.07, 6.45) is 0. The molecule has 1 aromatic carbocycles. The standard InChI is InChI=1S/C15H21FN2O3/c1-4-18(8-11(3)15(20)21)9-14(19)17-12-6-5-10(2)13(16)7-12/h5-7,11H,4,8-9H2,1-3H3,(H,17,19)(H,20,21). The first-order chi connectivity index (χ1) is 9.83. The second-order valence-electron chi connectivity index (χ2n) is 5.08. The number of aliphatic carboxylic acids is 1. The van der Waals surface area contributed by atoms with Gasteiger partial charge in [0, 0.05) is 12.2 Å². The highest BCUT2D eigenvalue weighted by Crippen LogP contribution is 2.13. The summed E-state index contributed by atoms with van der Waals surface area (Å²) in [5, 5.41) is 11.5. The molecular formula is C15H21FN2O3. The summed E-state index contributed by atoms with van der Waals surface area (Å²) in [6, 6.07) is 4.49. The van der Waals surface area contributed by atoms with Crippen molar-refractivity contribution in [3.63, 3.8) is 0 Å². The molecule has 1 unspecified atom stereocenters. The molecular weight excluding hydrogens is 275 g/mol. The maximum atomic E-state index is 13.4. The lowest BCUT2D eigenvalue weighted by atomic mass is 10.1. The van der Waals surface area contributed by atoms with Gasteiger partial charge in [0.2, 0.25) is 5.91 Å². The summed E-state index contributed by atoms with van der Waals surface area (Å²) < 4.78 is 13.4. The summed E-state index contributed by atoms with van der Waals surface area (Å²) in [5.41, 5.74) is 0.906. The molecule has 0 aliphatic carbocycles. The van der Waals surface area contributed by atoms with E-state index in [0.29, 0.717) is 24.3 Å². The summed E-state index contributed by atoms with van der Waals surface area (Å²) in [6.45, 7) is 6.02. The highest BCUT2D eigenvalue weighted by atomic mass is 19.1. The second kappa shape index (κ2) is 7.73. The van der Waals surface area contributed by atoms with Crippen LogP contribution in [0.1, 0.15) is 19.4 Å². The summed E-state index contributed by atoms with van der Waals surface area (Å²) in [5.74, 6) is -2.11. The number of anilines is 1. The molecule has 0 aromatic heterocycles. The van der Waals surface area contributed by atoms with Crippen molar-refractivity contribution in [2.75, 3.05) is 25.0 Å². The summed E-state index contributed by atoms with van der Waals surface area (Å²) in [4.78, 5) is 24.5. The number of nitrogens with zero attached hydrogens (tertiary/aromatic N) is 1. The highest BCUT2D eigenvalue weighted by Gasteiger charge is 2.17. The Labute approximate surface area is 123 Å². The first-order valence-corrected chi connectivity index (χ1v) is 6.84. The molecule has 0 radical (unpaired) electrons. The maximum Gasteiger partial charge on any atom is 0.307 e. The van der Waals surface area contributed by atoms with Crippen LogP contribution in [-0.2, 0) is 9.59 Å². The fourth-order valence-corrected chi connectivity index (χ4v) is 1.85. The Bertz CT molecular complexity index is 520. The summed E-state index contributed by atoms with van der Waals surface area (Å²) in [7, 11) is 0. The minimum absolute atomic E-state index is 0.0730. The van der Waals surface area contributed by atoms with E-state index < -0.39 is 11.9 Å². The molecule has 1 aromatic rings. The zero-order chi connectivity index (χ0) is 16.0. The van der Waals surface area contributed by atoms with Gasteiger partial charge in [0.1, 0.15) is 5.82 Å². The topological polar surface area (TPSA) is 69.6 Å². The number of carboxylic acid groups (broad SMARTS) is 1. The van der Waals surface area contributed by atoms with Crippen LogP contribution in [0, 0.1) is 18.7 Å². The molecule has 1 atom stereocenters. The second-order valence-corrected chi connectivity index (χ2v) is 5.08. The van der Waals surface area contributed by atoms with E-state index in [-0.39, 0.29) is 18.3 Å². The van der Waals surface area contributed by atoms with Crippen molar-refractivity contribution >= 4 is 17.6 Å². The Morgan fingerprint density at radius 1 is 1.43 bits per heavy atom. The van der Waals surface area contributed by atoms with Gasteiger partial charge in [0.05, 0.1) is 12.5 Å². The highest BCUT2D eigenvalue weighted by molar-refractivity contribution is 5.92. The Kier molecular flexibility index (Phi) is 6.30. The minimum atomic E-state index is -0.894. The zero-order valence-electron chi connectivity index (χ0n) is 12.5. The number of nitrogens with one attached hydrogen (secondary N) is 1. The molecule has 0 saturated carbocycles. The number of likely N-dealkylation sites (N-methyl/N-ethyl adjacent to an activating group) is 1. The van der Waals surface area contributed by atoms with Crippen molar-refractivity contribution in [3.8, 4) is 0 Å². The fourth-order valence-electron chi connectivity index (χ4n) is 1.85. The van der Waals surface area contributed by atoms with Gasteiger partial charge in [0.15, 0.2) is 0 Å². The third-order valence-electron chi connectivity index (χ3n) is 3.22.